The first-order valence-electron chi connectivity index (χ1n) is 10.5. The summed E-state index contributed by atoms with van der Waals surface area (Å²) in [6.07, 6.45) is 7.84. The van der Waals surface area contributed by atoms with Crippen molar-refractivity contribution in [2.45, 2.75) is 57.6 Å². The van der Waals surface area contributed by atoms with Crippen LogP contribution in [-0.4, -0.2) is 70.5 Å². The van der Waals surface area contributed by atoms with Crippen molar-refractivity contribution < 1.29 is 29.3 Å². The largest absolute Gasteiger partial charge is 0.492 e. The fourth-order valence-electron chi connectivity index (χ4n) is 3.36. The molecular weight excluding hydrogens is 388 g/mol. The molecule has 0 aliphatic carbocycles. The average Bonchev–Trinajstić information content (AvgIpc) is 2.71. The van der Waals surface area contributed by atoms with Gasteiger partial charge in [-0.2, -0.15) is 0 Å². The molecule has 2 N–H and O–H groups in total. The molecule has 1 aliphatic heterocycles. The second-order valence-corrected chi connectivity index (χ2v) is 7.23. The van der Waals surface area contributed by atoms with Crippen LogP contribution in [0.1, 0.15) is 44.7 Å². The number of aliphatic hydroxyl groups excluding tert-OH is 1. The minimum Gasteiger partial charge on any atom is -0.492 e. The van der Waals surface area contributed by atoms with Crippen LogP contribution < -0.4 is 4.74 Å². The van der Waals surface area contributed by atoms with Crippen LogP contribution in [0.25, 0.3) is 0 Å². The van der Waals surface area contributed by atoms with Gasteiger partial charge in [-0.1, -0.05) is 12.2 Å². The van der Waals surface area contributed by atoms with Gasteiger partial charge in [-0.05, 0) is 38.3 Å². The standard InChI is InChI=1S/C22H32N2O6/c1-2-30-20-10-7-17(23-16-20)15-19(25)9-8-18-5-3-6-21(26)24(18)12-4-13-29-14-11-22(27)28/h7-10,16,18-19,25H,2-6,11-15H2,1H3,(H,27,28)/b9-8+/t18-,19?/m1/s1. The third-order valence-electron chi connectivity index (χ3n) is 4.84. The van der Waals surface area contributed by atoms with Gasteiger partial charge in [-0.25, -0.2) is 0 Å². The maximum atomic E-state index is 12.3. The molecule has 166 valence electrons. The van der Waals surface area contributed by atoms with E-state index in [1.54, 1.807) is 12.3 Å². The Labute approximate surface area is 177 Å². The number of carboxylic acid groups (broad SMARTS) is 1. The molecule has 1 unspecified atom stereocenters. The quantitative estimate of drug-likeness (QED) is 0.372. The zero-order valence-electron chi connectivity index (χ0n) is 17.5. The molecule has 30 heavy (non-hydrogen) atoms. The van der Waals surface area contributed by atoms with Gasteiger partial charge in [0.1, 0.15) is 5.75 Å². The van der Waals surface area contributed by atoms with E-state index in [2.05, 4.69) is 4.98 Å². The van der Waals surface area contributed by atoms with Crippen molar-refractivity contribution in [3.63, 3.8) is 0 Å². The van der Waals surface area contributed by atoms with Gasteiger partial charge >= 0.3 is 5.97 Å². The number of nitrogens with zero attached hydrogens (tertiary/aromatic N) is 2. The zero-order chi connectivity index (χ0) is 21.8. The van der Waals surface area contributed by atoms with Gasteiger partial charge in [0.2, 0.25) is 5.91 Å². The van der Waals surface area contributed by atoms with E-state index in [4.69, 9.17) is 14.6 Å². The van der Waals surface area contributed by atoms with E-state index in [1.165, 1.54) is 0 Å². The number of amides is 1. The van der Waals surface area contributed by atoms with Gasteiger partial charge in [-0.3, -0.25) is 14.6 Å². The summed E-state index contributed by atoms with van der Waals surface area (Å²) in [5.74, 6) is -0.0795. The topological polar surface area (TPSA) is 109 Å². The lowest BCUT2D eigenvalue weighted by Gasteiger charge is -2.34. The van der Waals surface area contributed by atoms with E-state index in [-0.39, 0.29) is 25.0 Å². The second kappa shape index (κ2) is 13.0. The minimum atomic E-state index is -0.884. The fraction of sp³-hybridized carbons (Fsp3) is 0.591. The highest BCUT2D eigenvalue weighted by atomic mass is 16.5. The monoisotopic (exact) mass is 420 g/mol. The Bertz CT molecular complexity index is 691. The fourth-order valence-corrected chi connectivity index (χ4v) is 3.36. The van der Waals surface area contributed by atoms with E-state index >= 15 is 0 Å². The van der Waals surface area contributed by atoms with Crippen LogP contribution in [0.3, 0.4) is 0 Å². The molecule has 0 aromatic carbocycles. The summed E-state index contributed by atoms with van der Waals surface area (Å²) in [6, 6.07) is 3.62. The van der Waals surface area contributed by atoms with Crippen molar-refractivity contribution >= 4 is 11.9 Å². The van der Waals surface area contributed by atoms with Crippen molar-refractivity contribution in [2.24, 2.45) is 0 Å². The van der Waals surface area contributed by atoms with Crippen molar-refractivity contribution in [3.8, 4) is 5.75 Å². The Kier molecular flexibility index (Phi) is 10.3. The number of aliphatic hydroxyl groups is 1. The number of likely N-dealkylation sites (tertiary alicyclic amines) is 1. The van der Waals surface area contributed by atoms with Gasteiger partial charge in [-0.15, -0.1) is 0 Å². The second-order valence-electron chi connectivity index (χ2n) is 7.23. The van der Waals surface area contributed by atoms with Crippen LogP contribution in [0, 0.1) is 0 Å². The summed E-state index contributed by atoms with van der Waals surface area (Å²) in [4.78, 5) is 28.9. The number of hydrogen-bond acceptors (Lipinski definition) is 6. The number of piperidine rings is 1. The molecule has 1 saturated heterocycles. The molecule has 0 radical (unpaired) electrons. The molecule has 0 bridgehead atoms. The summed E-state index contributed by atoms with van der Waals surface area (Å²) >= 11 is 0. The first kappa shape index (κ1) is 23.8. The lowest BCUT2D eigenvalue weighted by Crippen LogP contribution is -2.43. The normalized spacial score (nSPS) is 18.0. The third-order valence-corrected chi connectivity index (χ3v) is 4.84. The van der Waals surface area contributed by atoms with Crippen molar-refractivity contribution in [1.29, 1.82) is 0 Å². The van der Waals surface area contributed by atoms with Crippen molar-refractivity contribution in [2.75, 3.05) is 26.4 Å². The number of aromatic nitrogens is 1. The Morgan fingerprint density at radius 2 is 2.23 bits per heavy atom. The van der Waals surface area contributed by atoms with E-state index in [0.717, 1.165) is 18.5 Å². The number of ether oxygens (including phenoxy) is 2. The highest BCUT2D eigenvalue weighted by molar-refractivity contribution is 5.77. The SMILES string of the molecule is CCOc1ccc(CC(O)/C=C/[C@H]2CCCC(=O)N2CCCOCCC(=O)O)nc1. The van der Waals surface area contributed by atoms with Gasteiger partial charge in [0.25, 0.3) is 0 Å². The Morgan fingerprint density at radius 1 is 1.40 bits per heavy atom. The molecule has 1 aliphatic rings. The number of carbonyl (C=O) groups excluding carboxylic acids is 1. The van der Waals surface area contributed by atoms with E-state index in [1.807, 2.05) is 30.0 Å². The van der Waals surface area contributed by atoms with Gasteiger partial charge < -0.3 is 24.6 Å². The summed E-state index contributed by atoms with van der Waals surface area (Å²) in [5, 5.41) is 19.0. The smallest absolute Gasteiger partial charge is 0.305 e. The Morgan fingerprint density at radius 3 is 2.93 bits per heavy atom. The van der Waals surface area contributed by atoms with E-state index in [9.17, 15) is 14.7 Å². The van der Waals surface area contributed by atoms with Gasteiger partial charge in [0, 0.05) is 31.7 Å². The van der Waals surface area contributed by atoms with Gasteiger partial charge in [0.15, 0.2) is 0 Å². The third kappa shape index (κ3) is 8.51. The molecule has 1 amide bonds. The number of carbonyl (C=O) groups is 2. The maximum absolute atomic E-state index is 12.3. The molecule has 2 rings (SSSR count). The van der Waals surface area contributed by atoms with Crippen molar-refractivity contribution in [3.05, 3.63) is 36.2 Å². The Hall–Kier alpha value is -2.45. The van der Waals surface area contributed by atoms with Crippen LogP contribution in [0.4, 0.5) is 0 Å². The van der Waals surface area contributed by atoms with E-state index < -0.39 is 12.1 Å². The highest BCUT2D eigenvalue weighted by Crippen LogP contribution is 2.20. The molecular formula is C22H32N2O6. The summed E-state index contributed by atoms with van der Waals surface area (Å²) in [6.45, 7) is 3.64. The number of aliphatic carboxylic acids is 1. The molecule has 1 fully saturated rings. The summed E-state index contributed by atoms with van der Waals surface area (Å²) in [7, 11) is 0. The predicted molar refractivity (Wildman–Crippen MR) is 111 cm³/mol. The number of hydrogen-bond donors (Lipinski definition) is 2. The Balaban J connectivity index is 1.81. The molecule has 2 atom stereocenters. The average molecular weight is 421 g/mol. The van der Waals surface area contributed by atoms with E-state index in [0.29, 0.717) is 44.8 Å². The highest BCUT2D eigenvalue weighted by Gasteiger charge is 2.25. The van der Waals surface area contributed by atoms with Gasteiger partial charge in [0.05, 0.1) is 38.0 Å². The minimum absolute atomic E-state index is 0.0187. The van der Waals surface area contributed by atoms with Crippen LogP contribution in [0.5, 0.6) is 5.75 Å². The maximum Gasteiger partial charge on any atom is 0.305 e. The zero-order valence-corrected chi connectivity index (χ0v) is 17.5. The molecule has 8 heteroatoms. The summed E-state index contributed by atoms with van der Waals surface area (Å²) < 4.78 is 10.7. The predicted octanol–water partition coefficient (Wildman–Crippen LogP) is 2.20. The van der Waals surface area contributed by atoms with Crippen LogP contribution in [-0.2, 0) is 20.7 Å². The number of pyridine rings is 1. The lowest BCUT2D eigenvalue weighted by molar-refractivity contribution is -0.138. The first-order chi connectivity index (χ1) is 14.5. The molecule has 1 aromatic rings. The number of rotatable bonds is 13. The molecule has 0 saturated carbocycles. The molecule has 1 aromatic heterocycles. The van der Waals surface area contributed by atoms with Crippen LogP contribution in [0.2, 0.25) is 0 Å². The lowest BCUT2D eigenvalue weighted by atomic mass is 10.00. The molecule has 8 nitrogen and oxygen atoms in total. The molecule has 0 spiro atoms. The molecule has 2 heterocycles. The van der Waals surface area contributed by atoms with Crippen LogP contribution in [0.15, 0.2) is 30.5 Å². The van der Waals surface area contributed by atoms with Crippen LogP contribution >= 0.6 is 0 Å². The first-order valence-corrected chi connectivity index (χ1v) is 10.5. The summed E-state index contributed by atoms with van der Waals surface area (Å²) in [5.41, 5.74) is 0.769. The number of carboxylic acids is 1. The van der Waals surface area contributed by atoms with Crippen molar-refractivity contribution in [1.82, 2.24) is 9.88 Å².